The topological polar surface area (TPSA) is 80.9 Å². The summed E-state index contributed by atoms with van der Waals surface area (Å²) in [6, 6.07) is 0. The first-order valence-electron chi connectivity index (χ1n) is 7.25. The van der Waals surface area contributed by atoms with Gasteiger partial charge in [-0.15, -0.1) is 12.4 Å². The molecule has 118 valence electrons. The van der Waals surface area contributed by atoms with Crippen LogP contribution in [0.3, 0.4) is 0 Å². The van der Waals surface area contributed by atoms with Crippen LogP contribution in [-0.2, 0) is 10.2 Å². The van der Waals surface area contributed by atoms with Gasteiger partial charge in [0.15, 0.2) is 0 Å². The summed E-state index contributed by atoms with van der Waals surface area (Å²) in [5.74, 6) is 1.16. The number of halogens is 1. The van der Waals surface area contributed by atoms with Gasteiger partial charge in [-0.25, -0.2) is 9.97 Å². The molecule has 3 N–H and O–H groups in total. The van der Waals surface area contributed by atoms with Crippen LogP contribution in [0.4, 0.5) is 5.69 Å². The molecule has 1 aromatic heterocycles. The third-order valence-corrected chi connectivity index (χ3v) is 3.89. The Labute approximate surface area is 132 Å². The molecule has 1 amide bonds. The number of nitrogens with one attached hydrogen (secondary N) is 1. The van der Waals surface area contributed by atoms with Gasteiger partial charge in [0.2, 0.25) is 5.91 Å². The molecule has 2 atom stereocenters. The molecule has 1 aromatic rings. The summed E-state index contributed by atoms with van der Waals surface area (Å²) in [4.78, 5) is 20.9. The molecule has 0 bridgehead atoms. The highest BCUT2D eigenvalue weighted by molar-refractivity contribution is 5.92. The van der Waals surface area contributed by atoms with E-state index < -0.39 is 0 Å². The first kappa shape index (κ1) is 17.9. The van der Waals surface area contributed by atoms with Crippen molar-refractivity contribution in [1.82, 2.24) is 9.97 Å². The summed E-state index contributed by atoms with van der Waals surface area (Å²) >= 11 is 0. The Bertz CT molecular complexity index is 470. The van der Waals surface area contributed by atoms with Crippen molar-refractivity contribution in [2.75, 3.05) is 11.9 Å². The van der Waals surface area contributed by atoms with Crippen LogP contribution < -0.4 is 11.1 Å². The molecule has 1 saturated carbocycles. The van der Waals surface area contributed by atoms with E-state index in [-0.39, 0.29) is 29.6 Å². The smallest absolute Gasteiger partial charge is 0.227 e. The molecule has 1 heterocycles. The number of anilines is 1. The monoisotopic (exact) mass is 312 g/mol. The summed E-state index contributed by atoms with van der Waals surface area (Å²) < 4.78 is 0. The van der Waals surface area contributed by atoms with E-state index in [1.807, 2.05) is 0 Å². The maximum Gasteiger partial charge on any atom is 0.227 e. The number of hydrogen-bond acceptors (Lipinski definition) is 4. The van der Waals surface area contributed by atoms with Gasteiger partial charge < -0.3 is 11.1 Å². The minimum absolute atomic E-state index is 0. The molecule has 0 radical (unpaired) electrons. The molecule has 0 unspecified atom stereocenters. The van der Waals surface area contributed by atoms with Crippen LogP contribution in [0.25, 0.3) is 0 Å². The Kier molecular flexibility index (Phi) is 6.10. The van der Waals surface area contributed by atoms with Crippen molar-refractivity contribution >= 4 is 24.0 Å². The third kappa shape index (κ3) is 4.38. The molecule has 1 aliphatic rings. The van der Waals surface area contributed by atoms with Gasteiger partial charge in [-0.3, -0.25) is 4.79 Å². The highest BCUT2D eigenvalue weighted by atomic mass is 35.5. The zero-order valence-corrected chi connectivity index (χ0v) is 13.7. The molecule has 2 rings (SSSR count). The van der Waals surface area contributed by atoms with E-state index in [0.29, 0.717) is 18.2 Å². The molecule has 6 heteroatoms. The lowest BCUT2D eigenvalue weighted by atomic mass is 9.95. The fraction of sp³-hybridized carbons (Fsp3) is 0.667. The Morgan fingerprint density at radius 3 is 2.48 bits per heavy atom. The number of carbonyl (C=O) groups is 1. The summed E-state index contributed by atoms with van der Waals surface area (Å²) in [6.45, 7) is 6.76. The lowest BCUT2D eigenvalue weighted by Crippen LogP contribution is -2.30. The second-order valence-corrected chi connectivity index (χ2v) is 6.57. The number of nitrogens with two attached hydrogens (primary N) is 1. The Morgan fingerprint density at radius 1 is 1.33 bits per heavy atom. The quantitative estimate of drug-likeness (QED) is 0.898. The summed E-state index contributed by atoms with van der Waals surface area (Å²) in [5.41, 5.74) is 6.29. The largest absolute Gasteiger partial charge is 0.330 e. The standard InChI is InChI=1S/C15H24N4O.ClH/c1-15(2,3)14-17-8-11(9-18-14)19-13(20)12-6-4-5-10(12)7-16;/h8-10,12H,4-7,16H2,1-3H3,(H,19,20);1H/t10-,12-;/m1./s1. The van der Waals surface area contributed by atoms with Crippen molar-refractivity contribution < 1.29 is 4.79 Å². The van der Waals surface area contributed by atoms with Crippen LogP contribution in [0.1, 0.15) is 45.9 Å². The number of nitrogens with zero attached hydrogens (tertiary/aromatic N) is 2. The summed E-state index contributed by atoms with van der Waals surface area (Å²) in [6.07, 6.45) is 6.41. The van der Waals surface area contributed by atoms with Crippen LogP contribution in [0, 0.1) is 11.8 Å². The maximum atomic E-state index is 12.2. The lowest BCUT2D eigenvalue weighted by molar-refractivity contribution is -0.120. The number of amides is 1. The molecule has 0 saturated heterocycles. The van der Waals surface area contributed by atoms with Gasteiger partial charge in [-0.05, 0) is 25.3 Å². The van der Waals surface area contributed by atoms with Crippen molar-refractivity contribution in [1.29, 1.82) is 0 Å². The number of hydrogen-bond donors (Lipinski definition) is 2. The molecule has 0 aliphatic heterocycles. The van der Waals surface area contributed by atoms with E-state index in [1.165, 1.54) is 0 Å². The van der Waals surface area contributed by atoms with Crippen LogP contribution in [-0.4, -0.2) is 22.4 Å². The van der Waals surface area contributed by atoms with Gasteiger partial charge in [-0.2, -0.15) is 0 Å². The van der Waals surface area contributed by atoms with E-state index in [0.717, 1.165) is 25.1 Å². The number of aromatic nitrogens is 2. The highest BCUT2D eigenvalue weighted by Crippen LogP contribution is 2.31. The third-order valence-electron chi connectivity index (χ3n) is 3.89. The molecule has 1 aliphatic carbocycles. The average Bonchev–Trinajstić information content (AvgIpc) is 2.86. The van der Waals surface area contributed by atoms with Gasteiger partial charge in [0.05, 0.1) is 18.1 Å². The van der Waals surface area contributed by atoms with Gasteiger partial charge in [0, 0.05) is 11.3 Å². The SMILES string of the molecule is CC(C)(C)c1ncc(NC(=O)[C@@H]2CCC[C@@H]2CN)cn1.Cl. The van der Waals surface area contributed by atoms with Gasteiger partial charge >= 0.3 is 0 Å². The molecular formula is C15H25ClN4O. The fourth-order valence-corrected chi connectivity index (χ4v) is 2.68. The zero-order valence-electron chi connectivity index (χ0n) is 12.9. The van der Waals surface area contributed by atoms with Crippen LogP contribution >= 0.6 is 12.4 Å². The predicted molar refractivity (Wildman–Crippen MR) is 86.5 cm³/mol. The normalized spacial score (nSPS) is 21.7. The van der Waals surface area contributed by atoms with Gasteiger partial charge in [-0.1, -0.05) is 27.2 Å². The van der Waals surface area contributed by atoms with E-state index in [1.54, 1.807) is 12.4 Å². The molecule has 0 spiro atoms. The fourth-order valence-electron chi connectivity index (χ4n) is 2.68. The summed E-state index contributed by atoms with van der Waals surface area (Å²) in [7, 11) is 0. The minimum atomic E-state index is -0.0847. The van der Waals surface area contributed by atoms with E-state index in [9.17, 15) is 4.79 Å². The van der Waals surface area contributed by atoms with E-state index in [4.69, 9.17) is 5.73 Å². The van der Waals surface area contributed by atoms with Crippen molar-refractivity contribution in [3.63, 3.8) is 0 Å². The van der Waals surface area contributed by atoms with Crippen LogP contribution in [0.5, 0.6) is 0 Å². The highest BCUT2D eigenvalue weighted by Gasteiger charge is 2.32. The van der Waals surface area contributed by atoms with Crippen molar-refractivity contribution in [3.05, 3.63) is 18.2 Å². The van der Waals surface area contributed by atoms with Crippen molar-refractivity contribution in [2.45, 2.75) is 45.4 Å². The molecule has 0 aromatic carbocycles. The van der Waals surface area contributed by atoms with Crippen molar-refractivity contribution in [2.24, 2.45) is 17.6 Å². The first-order chi connectivity index (χ1) is 9.41. The zero-order chi connectivity index (χ0) is 14.8. The Hall–Kier alpha value is -1.20. The van der Waals surface area contributed by atoms with Crippen LogP contribution in [0.2, 0.25) is 0 Å². The van der Waals surface area contributed by atoms with Crippen LogP contribution in [0.15, 0.2) is 12.4 Å². The number of carbonyl (C=O) groups excluding carboxylic acids is 1. The van der Waals surface area contributed by atoms with Crippen molar-refractivity contribution in [3.8, 4) is 0 Å². The predicted octanol–water partition coefficient (Wildman–Crippen LogP) is 2.51. The van der Waals surface area contributed by atoms with E-state index >= 15 is 0 Å². The molecular weight excluding hydrogens is 288 g/mol. The Balaban J connectivity index is 0.00000220. The summed E-state index contributed by atoms with van der Waals surface area (Å²) in [5, 5.41) is 2.91. The molecule has 21 heavy (non-hydrogen) atoms. The molecule has 5 nitrogen and oxygen atoms in total. The maximum absolute atomic E-state index is 12.2. The lowest BCUT2D eigenvalue weighted by Gasteiger charge is -2.18. The Morgan fingerprint density at radius 2 is 1.95 bits per heavy atom. The first-order valence-corrected chi connectivity index (χ1v) is 7.25. The number of rotatable bonds is 3. The van der Waals surface area contributed by atoms with E-state index in [2.05, 4.69) is 36.1 Å². The second-order valence-electron chi connectivity index (χ2n) is 6.57. The average molecular weight is 313 g/mol. The van der Waals surface area contributed by atoms with Gasteiger partial charge in [0.25, 0.3) is 0 Å². The molecule has 1 fully saturated rings. The van der Waals surface area contributed by atoms with Gasteiger partial charge in [0.1, 0.15) is 5.82 Å². The second kappa shape index (κ2) is 7.18. The minimum Gasteiger partial charge on any atom is -0.330 e.